The number of aromatic nitrogens is 2. The van der Waals surface area contributed by atoms with Crippen LogP contribution in [0.3, 0.4) is 0 Å². The fourth-order valence-corrected chi connectivity index (χ4v) is 2.85. The van der Waals surface area contributed by atoms with Crippen molar-refractivity contribution in [1.29, 1.82) is 0 Å². The number of ether oxygens (including phenoxy) is 1. The van der Waals surface area contributed by atoms with Crippen LogP contribution in [-0.4, -0.2) is 60.5 Å². The first-order chi connectivity index (χ1) is 13.5. The summed E-state index contributed by atoms with van der Waals surface area (Å²) in [5.41, 5.74) is 2.75. The van der Waals surface area contributed by atoms with Crippen molar-refractivity contribution in [3.05, 3.63) is 46.7 Å². The van der Waals surface area contributed by atoms with Gasteiger partial charge < -0.3 is 20.1 Å². The van der Waals surface area contributed by atoms with Gasteiger partial charge in [-0.2, -0.15) is 0 Å². The first-order valence-corrected chi connectivity index (χ1v) is 9.12. The number of hydrogen-bond donors (Lipinski definition) is 2. The van der Waals surface area contributed by atoms with Crippen molar-refractivity contribution in [2.75, 3.05) is 39.7 Å². The Balaban J connectivity index is 1.96. The van der Waals surface area contributed by atoms with Crippen molar-refractivity contribution in [2.24, 2.45) is 0 Å². The Hall–Kier alpha value is -2.93. The highest BCUT2D eigenvalue weighted by atomic mass is 19.1. The smallest absolute Gasteiger partial charge is 0.168 e. The number of fused-ring (bicyclic) bond motifs is 1. The molecule has 0 saturated carbocycles. The van der Waals surface area contributed by atoms with Crippen LogP contribution in [-0.2, 0) is 0 Å². The standard InChI is InChI=1S/C21H25FN4O2/c1-23-21-20(28-13-17(27)11-22)10-15(12-24-21)19-8-5-14-4-6-16(26(2)3)7-9-18(14)25-19/h4-5,7-10,12,17,27H,6,11,13H2,1-3H3,(H,23,24). The molecule has 0 aliphatic heterocycles. The van der Waals surface area contributed by atoms with Gasteiger partial charge in [-0.25, -0.2) is 14.4 Å². The second-order valence-electron chi connectivity index (χ2n) is 6.74. The Labute approximate surface area is 163 Å². The van der Waals surface area contributed by atoms with Crippen LogP contribution in [0.1, 0.15) is 6.42 Å². The first-order valence-electron chi connectivity index (χ1n) is 9.12. The third-order valence-electron chi connectivity index (χ3n) is 4.49. The molecule has 2 aromatic heterocycles. The molecule has 1 aliphatic carbocycles. The van der Waals surface area contributed by atoms with Gasteiger partial charge in [-0.1, -0.05) is 12.1 Å². The number of aliphatic hydroxyl groups excluding tert-OH is 1. The van der Waals surface area contributed by atoms with Crippen molar-refractivity contribution in [1.82, 2.24) is 14.9 Å². The molecule has 0 radical (unpaired) electrons. The summed E-state index contributed by atoms with van der Waals surface area (Å²) in [4.78, 5) is 11.2. The van der Waals surface area contributed by atoms with E-state index in [0.717, 1.165) is 28.2 Å². The molecule has 0 saturated heterocycles. The van der Waals surface area contributed by atoms with E-state index in [-0.39, 0.29) is 6.61 Å². The number of nitrogens with zero attached hydrogens (tertiary/aromatic N) is 3. The van der Waals surface area contributed by atoms with Crippen LogP contribution in [0.4, 0.5) is 10.2 Å². The van der Waals surface area contributed by atoms with E-state index in [1.807, 2.05) is 32.3 Å². The largest absolute Gasteiger partial charge is 0.487 e. The van der Waals surface area contributed by atoms with Crippen molar-refractivity contribution >= 4 is 18.0 Å². The number of anilines is 1. The Morgan fingerprint density at radius 2 is 2.14 bits per heavy atom. The number of nitrogens with one attached hydrogen (secondary N) is 1. The third-order valence-corrected chi connectivity index (χ3v) is 4.49. The minimum absolute atomic E-state index is 0.144. The average molecular weight is 384 g/mol. The average Bonchev–Trinajstić information content (AvgIpc) is 2.93. The normalized spacial score (nSPS) is 14.0. The number of alkyl halides is 1. The highest BCUT2D eigenvalue weighted by Gasteiger charge is 2.11. The molecule has 0 fully saturated rings. The van der Waals surface area contributed by atoms with E-state index in [4.69, 9.17) is 9.72 Å². The molecule has 2 aromatic rings. The number of rotatable bonds is 7. The van der Waals surface area contributed by atoms with Crippen LogP contribution in [0.25, 0.3) is 23.4 Å². The predicted octanol–water partition coefficient (Wildman–Crippen LogP) is 1.30. The zero-order valence-electron chi connectivity index (χ0n) is 16.3. The summed E-state index contributed by atoms with van der Waals surface area (Å²) in [6, 6.07) is 5.78. The number of aliphatic hydroxyl groups is 1. The number of pyridine rings is 2. The maximum atomic E-state index is 12.5. The molecule has 6 nitrogen and oxygen atoms in total. The van der Waals surface area contributed by atoms with Crippen LogP contribution in [0.2, 0.25) is 0 Å². The fraction of sp³-hybridized carbons (Fsp3) is 0.333. The van der Waals surface area contributed by atoms with Crippen LogP contribution >= 0.6 is 0 Å². The van der Waals surface area contributed by atoms with Gasteiger partial charge in [-0.3, -0.25) is 0 Å². The summed E-state index contributed by atoms with van der Waals surface area (Å²) >= 11 is 0. The maximum absolute atomic E-state index is 12.5. The molecule has 2 heterocycles. The molecule has 3 rings (SSSR count). The van der Waals surface area contributed by atoms with Crippen LogP contribution in [0, 0.1) is 0 Å². The van der Waals surface area contributed by atoms with Gasteiger partial charge in [0.25, 0.3) is 0 Å². The van der Waals surface area contributed by atoms with Gasteiger partial charge in [0, 0.05) is 45.0 Å². The third kappa shape index (κ3) is 4.48. The summed E-state index contributed by atoms with van der Waals surface area (Å²) in [5.74, 6) is 0.956. The van der Waals surface area contributed by atoms with Gasteiger partial charge in [0.2, 0.25) is 0 Å². The minimum Gasteiger partial charge on any atom is -0.487 e. The van der Waals surface area contributed by atoms with Gasteiger partial charge >= 0.3 is 0 Å². The van der Waals surface area contributed by atoms with E-state index in [9.17, 15) is 9.50 Å². The molecule has 1 atom stereocenters. The van der Waals surface area contributed by atoms with E-state index in [1.165, 1.54) is 5.70 Å². The summed E-state index contributed by atoms with van der Waals surface area (Å²) in [7, 11) is 5.78. The summed E-state index contributed by atoms with van der Waals surface area (Å²) in [5, 5.41) is 14.3. The maximum Gasteiger partial charge on any atom is 0.168 e. The molecule has 0 spiro atoms. The van der Waals surface area contributed by atoms with Gasteiger partial charge in [-0.05, 0) is 29.5 Å². The Morgan fingerprint density at radius 1 is 1.32 bits per heavy atom. The molecule has 1 aliphatic rings. The Morgan fingerprint density at radius 3 is 2.86 bits per heavy atom. The van der Waals surface area contributed by atoms with E-state index < -0.39 is 12.8 Å². The van der Waals surface area contributed by atoms with Gasteiger partial charge in [0.15, 0.2) is 11.6 Å². The molecule has 2 N–H and O–H groups in total. The van der Waals surface area contributed by atoms with Crippen molar-refractivity contribution in [2.45, 2.75) is 12.5 Å². The molecule has 1 unspecified atom stereocenters. The highest BCUT2D eigenvalue weighted by Crippen LogP contribution is 2.27. The Bertz CT molecular complexity index is 988. The van der Waals surface area contributed by atoms with Crippen LogP contribution in [0.15, 0.2) is 36.2 Å². The zero-order chi connectivity index (χ0) is 20.1. The molecular formula is C21H25FN4O2. The second kappa shape index (κ2) is 8.84. The van der Waals surface area contributed by atoms with E-state index in [1.54, 1.807) is 19.3 Å². The molecule has 7 heteroatoms. The highest BCUT2D eigenvalue weighted by molar-refractivity contribution is 5.65. The number of hydrogen-bond acceptors (Lipinski definition) is 6. The zero-order valence-corrected chi connectivity index (χ0v) is 16.3. The summed E-state index contributed by atoms with van der Waals surface area (Å²) in [6.07, 6.45) is 7.65. The monoisotopic (exact) mass is 384 g/mol. The summed E-state index contributed by atoms with van der Waals surface area (Å²) < 4.78 is 18.0. The van der Waals surface area contributed by atoms with Gasteiger partial charge in [0.1, 0.15) is 19.4 Å². The molecule has 0 amide bonds. The van der Waals surface area contributed by atoms with E-state index in [2.05, 4.69) is 27.4 Å². The van der Waals surface area contributed by atoms with Crippen molar-refractivity contribution in [3.8, 4) is 17.0 Å². The molecule has 148 valence electrons. The van der Waals surface area contributed by atoms with Gasteiger partial charge in [0.05, 0.1) is 11.0 Å². The van der Waals surface area contributed by atoms with Crippen molar-refractivity contribution < 1.29 is 14.2 Å². The lowest BCUT2D eigenvalue weighted by molar-refractivity contribution is 0.0844. The first kappa shape index (κ1) is 19.8. The lowest BCUT2D eigenvalue weighted by atomic mass is 10.1. The minimum atomic E-state index is -1.17. The molecule has 0 aromatic carbocycles. The van der Waals surface area contributed by atoms with E-state index in [0.29, 0.717) is 11.6 Å². The SMILES string of the molecule is CNc1ncc(-c2ccc3c(n2)=CC=C(N(C)C)CC=3)cc1OCC(O)CF. The van der Waals surface area contributed by atoms with Crippen LogP contribution < -0.4 is 20.6 Å². The van der Waals surface area contributed by atoms with Crippen LogP contribution in [0.5, 0.6) is 5.75 Å². The van der Waals surface area contributed by atoms with Gasteiger partial charge in [-0.15, -0.1) is 0 Å². The lowest BCUT2D eigenvalue weighted by Crippen LogP contribution is -2.27. The molecule has 0 bridgehead atoms. The molecule has 28 heavy (non-hydrogen) atoms. The fourth-order valence-electron chi connectivity index (χ4n) is 2.85. The number of halogens is 1. The Kier molecular flexibility index (Phi) is 6.26. The lowest BCUT2D eigenvalue weighted by Gasteiger charge is -2.14. The topological polar surface area (TPSA) is 70.5 Å². The second-order valence-corrected chi connectivity index (χ2v) is 6.74. The number of allylic oxidation sites excluding steroid dienone is 2. The predicted molar refractivity (Wildman–Crippen MR) is 109 cm³/mol. The van der Waals surface area contributed by atoms with E-state index >= 15 is 0 Å². The quantitative estimate of drug-likeness (QED) is 0.750. The molecular weight excluding hydrogens is 359 g/mol. The summed E-state index contributed by atoms with van der Waals surface area (Å²) in [6.45, 7) is -1.00. The van der Waals surface area contributed by atoms with Crippen molar-refractivity contribution in [3.63, 3.8) is 0 Å².